The summed E-state index contributed by atoms with van der Waals surface area (Å²) in [5, 5.41) is 19.0. The van der Waals surface area contributed by atoms with E-state index >= 15 is 0 Å². The molecule has 5 nitrogen and oxygen atoms in total. The second kappa shape index (κ2) is 6.94. The second-order valence-corrected chi connectivity index (χ2v) is 8.41. The number of thiophene rings is 1. The maximum Gasteiger partial charge on any atom is 0.154 e. The molecule has 0 saturated heterocycles. The van der Waals surface area contributed by atoms with E-state index in [1.54, 1.807) is 11.3 Å². The summed E-state index contributed by atoms with van der Waals surface area (Å²) >= 11 is 1.77. The van der Waals surface area contributed by atoms with E-state index in [9.17, 15) is 5.11 Å². The van der Waals surface area contributed by atoms with Crippen LogP contribution < -0.4 is 5.32 Å². The molecular formula is C21H22N4OS. The summed E-state index contributed by atoms with van der Waals surface area (Å²) in [5.41, 5.74) is 1.89. The predicted octanol–water partition coefficient (Wildman–Crippen LogP) is 4.57. The standard InChI is InChI=1S/C21H22N4OS/c26-13-14-5-7-16(8-6-14)23-20-9-10-21-22-12-17(25(21)24-20)19-11-15-3-1-2-4-18(15)27-19/h1-4,9-12,14,16,26H,5-8,13H2,(H,23,24)/t14-,16-. The number of nitrogens with one attached hydrogen (secondary N) is 1. The lowest BCUT2D eigenvalue weighted by molar-refractivity contribution is 0.185. The largest absolute Gasteiger partial charge is 0.396 e. The minimum Gasteiger partial charge on any atom is -0.396 e. The number of anilines is 1. The molecule has 1 aromatic carbocycles. The molecule has 5 rings (SSSR count). The zero-order chi connectivity index (χ0) is 18.2. The van der Waals surface area contributed by atoms with Crippen LogP contribution >= 0.6 is 11.3 Å². The second-order valence-electron chi connectivity index (χ2n) is 7.33. The van der Waals surface area contributed by atoms with Crippen molar-refractivity contribution in [2.75, 3.05) is 11.9 Å². The molecule has 0 aliphatic heterocycles. The first kappa shape index (κ1) is 16.7. The van der Waals surface area contributed by atoms with Crippen molar-refractivity contribution in [2.24, 2.45) is 5.92 Å². The van der Waals surface area contributed by atoms with E-state index in [1.807, 2.05) is 22.8 Å². The highest BCUT2D eigenvalue weighted by molar-refractivity contribution is 7.22. The fourth-order valence-electron chi connectivity index (χ4n) is 3.92. The van der Waals surface area contributed by atoms with Crippen molar-refractivity contribution in [3.8, 4) is 10.6 Å². The van der Waals surface area contributed by atoms with Crippen molar-refractivity contribution in [1.82, 2.24) is 14.6 Å². The van der Waals surface area contributed by atoms with Crippen LogP contribution in [0.15, 0.2) is 48.7 Å². The summed E-state index contributed by atoms with van der Waals surface area (Å²) in [6, 6.07) is 15.1. The minimum atomic E-state index is 0.310. The minimum absolute atomic E-state index is 0.310. The van der Waals surface area contributed by atoms with E-state index in [0.29, 0.717) is 18.6 Å². The van der Waals surface area contributed by atoms with Gasteiger partial charge in [0.25, 0.3) is 0 Å². The van der Waals surface area contributed by atoms with Crippen molar-refractivity contribution in [3.05, 3.63) is 48.7 Å². The highest BCUT2D eigenvalue weighted by Crippen LogP contribution is 2.33. The first-order valence-corrected chi connectivity index (χ1v) is 10.3. The number of aliphatic hydroxyl groups excluding tert-OH is 1. The molecule has 1 fully saturated rings. The lowest BCUT2D eigenvalue weighted by Gasteiger charge is -2.28. The van der Waals surface area contributed by atoms with Crippen LogP contribution in [0.1, 0.15) is 25.7 Å². The number of aliphatic hydroxyl groups is 1. The molecule has 0 bridgehead atoms. The van der Waals surface area contributed by atoms with Crippen molar-refractivity contribution >= 4 is 32.9 Å². The quantitative estimate of drug-likeness (QED) is 0.546. The van der Waals surface area contributed by atoms with Crippen LogP contribution in [0.25, 0.3) is 26.3 Å². The fraction of sp³-hybridized carbons (Fsp3) is 0.333. The van der Waals surface area contributed by atoms with E-state index in [1.165, 1.54) is 15.0 Å². The van der Waals surface area contributed by atoms with Crippen LogP contribution in [-0.4, -0.2) is 32.4 Å². The van der Waals surface area contributed by atoms with Crippen molar-refractivity contribution in [1.29, 1.82) is 0 Å². The average molecular weight is 379 g/mol. The van der Waals surface area contributed by atoms with Gasteiger partial charge in [-0.25, -0.2) is 9.50 Å². The van der Waals surface area contributed by atoms with Gasteiger partial charge in [-0.2, -0.15) is 0 Å². The van der Waals surface area contributed by atoms with E-state index in [0.717, 1.165) is 42.8 Å². The Labute approximate surface area is 161 Å². The van der Waals surface area contributed by atoms with Gasteiger partial charge in [-0.15, -0.1) is 16.4 Å². The molecule has 27 heavy (non-hydrogen) atoms. The lowest BCUT2D eigenvalue weighted by Crippen LogP contribution is -2.27. The van der Waals surface area contributed by atoms with E-state index < -0.39 is 0 Å². The van der Waals surface area contributed by atoms with E-state index in [-0.39, 0.29) is 0 Å². The van der Waals surface area contributed by atoms with Gasteiger partial charge < -0.3 is 10.4 Å². The first-order valence-electron chi connectivity index (χ1n) is 9.51. The number of imidazole rings is 1. The van der Waals surface area contributed by atoms with Gasteiger partial charge in [-0.1, -0.05) is 18.2 Å². The highest BCUT2D eigenvalue weighted by atomic mass is 32.1. The lowest BCUT2D eigenvalue weighted by atomic mass is 9.86. The maximum atomic E-state index is 9.31. The Balaban J connectivity index is 1.44. The number of fused-ring (bicyclic) bond motifs is 2. The Morgan fingerprint density at radius 2 is 1.96 bits per heavy atom. The number of rotatable bonds is 4. The van der Waals surface area contributed by atoms with Crippen LogP contribution in [0.4, 0.5) is 5.82 Å². The summed E-state index contributed by atoms with van der Waals surface area (Å²) in [6.07, 6.45) is 6.22. The Morgan fingerprint density at radius 1 is 1.11 bits per heavy atom. The average Bonchev–Trinajstić information content (AvgIpc) is 3.32. The molecule has 3 aromatic heterocycles. The Hall–Kier alpha value is -2.44. The Morgan fingerprint density at radius 3 is 2.78 bits per heavy atom. The molecule has 138 valence electrons. The summed E-state index contributed by atoms with van der Waals surface area (Å²) < 4.78 is 3.21. The topological polar surface area (TPSA) is 62.5 Å². The number of aromatic nitrogens is 3. The number of benzene rings is 1. The van der Waals surface area contributed by atoms with Gasteiger partial charge in [0.05, 0.1) is 11.1 Å². The normalized spacial score (nSPS) is 20.3. The fourth-order valence-corrected chi connectivity index (χ4v) is 4.98. The summed E-state index contributed by atoms with van der Waals surface area (Å²) in [7, 11) is 0. The third-order valence-corrected chi connectivity index (χ3v) is 6.64. The molecule has 1 aliphatic carbocycles. The molecule has 1 aliphatic rings. The third kappa shape index (κ3) is 3.19. The first-order chi connectivity index (χ1) is 13.3. The molecule has 6 heteroatoms. The van der Waals surface area contributed by atoms with Gasteiger partial charge in [0.15, 0.2) is 5.65 Å². The third-order valence-electron chi connectivity index (χ3n) is 5.50. The molecule has 2 N–H and O–H groups in total. The van der Waals surface area contributed by atoms with Gasteiger partial charge in [0.2, 0.25) is 0 Å². The van der Waals surface area contributed by atoms with Crippen LogP contribution in [0, 0.1) is 5.92 Å². The molecule has 4 aromatic rings. The van der Waals surface area contributed by atoms with Gasteiger partial charge in [0.1, 0.15) is 11.5 Å². The molecule has 0 spiro atoms. The number of hydrogen-bond donors (Lipinski definition) is 2. The SMILES string of the molecule is OC[C@H]1CC[C@H](Nc2ccc3ncc(-c4cc5ccccc5s4)n3n2)CC1. The molecule has 3 heterocycles. The zero-order valence-corrected chi connectivity index (χ0v) is 15.8. The van der Waals surface area contributed by atoms with Gasteiger partial charge in [-0.05, 0) is 61.3 Å². The number of hydrogen-bond acceptors (Lipinski definition) is 5. The molecule has 0 unspecified atom stereocenters. The maximum absolute atomic E-state index is 9.31. The highest BCUT2D eigenvalue weighted by Gasteiger charge is 2.21. The molecule has 1 saturated carbocycles. The summed E-state index contributed by atoms with van der Waals surface area (Å²) in [6.45, 7) is 0.310. The zero-order valence-electron chi connectivity index (χ0n) is 15.0. The monoisotopic (exact) mass is 378 g/mol. The van der Waals surface area contributed by atoms with Gasteiger partial charge >= 0.3 is 0 Å². The number of nitrogens with zero attached hydrogens (tertiary/aromatic N) is 3. The van der Waals surface area contributed by atoms with Crippen molar-refractivity contribution in [2.45, 2.75) is 31.7 Å². The molecule has 0 amide bonds. The van der Waals surface area contributed by atoms with Crippen LogP contribution in [0.2, 0.25) is 0 Å². The molecule has 0 radical (unpaired) electrons. The Bertz CT molecular complexity index is 1050. The van der Waals surface area contributed by atoms with Crippen LogP contribution in [0.5, 0.6) is 0 Å². The predicted molar refractivity (Wildman–Crippen MR) is 110 cm³/mol. The smallest absolute Gasteiger partial charge is 0.154 e. The van der Waals surface area contributed by atoms with Crippen molar-refractivity contribution in [3.63, 3.8) is 0 Å². The summed E-state index contributed by atoms with van der Waals surface area (Å²) in [4.78, 5) is 5.70. The summed E-state index contributed by atoms with van der Waals surface area (Å²) in [5.74, 6) is 1.35. The van der Waals surface area contributed by atoms with Gasteiger partial charge in [-0.3, -0.25) is 0 Å². The van der Waals surface area contributed by atoms with E-state index in [2.05, 4.69) is 40.6 Å². The Kier molecular flexibility index (Phi) is 4.30. The van der Waals surface area contributed by atoms with E-state index in [4.69, 9.17) is 5.10 Å². The molecular weight excluding hydrogens is 356 g/mol. The van der Waals surface area contributed by atoms with Crippen molar-refractivity contribution < 1.29 is 5.11 Å². The molecule has 0 atom stereocenters. The van der Waals surface area contributed by atoms with Crippen LogP contribution in [0.3, 0.4) is 0 Å². The van der Waals surface area contributed by atoms with Crippen LogP contribution in [-0.2, 0) is 0 Å². The van der Waals surface area contributed by atoms with Gasteiger partial charge in [0, 0.05) is 17.3 Å².